The van der Waals surface area contributed by atoms with E-state index in [2.05, 4.69) is 10.6 Å². The van der Waals surface area contributed by atoms with E-state index < -0.39 is 5.60 Å². The van der Waals surface area contributed by atoms with Crippen LogP contribution in [0.15, 0.2) is 53.7 Å². The first kappa shape index (κ1) is 15.9. The maximum absolute atomic E-state index is 10.0. The van der Waals surface area contributed by atoms with Crippen LogP contribution >= 0.6 is 11.8 Å². The average Bonchev–Trinajstić information content (AvgIpc) is 2.91. The van der Waals surface area contributed by atoms with Gasteiger partial charge in [0.2, 0.25) is 0 Å². The van der Waals surface area contributed by atoms with E-state index in [1.807, 2.05) is 42.5 Å². The fraction of sp³-hybridized carbons (Fsp3) is 0.278. The van der Waals surface area contributed by atoms with Crippen LogP contribution in [-0.4, -0.2) is 33.1 Å². The van der Waals surface area contributed by atoms with Gasteiger partial charge in [-0.1, -0.05) is 23.9 Å². The fourth-order valence-electron chi connectivity index (χ4n) is 2.32. The summed E-state index contributed by atoms with van der Waals surface area (Å²) in [6.07, 6.45) is 0. The van der Waals surface area contributed by atoms with Crippen LogP contribution in [-0.2, 0) is 0 Å². The number of para-hydroxylation sites is 2. The third-order valence-corrected chi connectivity index (χ3v) is 4.80. The molecule has 5 heteroatoms. The Morgan fingerprint density at radius 2 is 1.83 bits per heavy atom. The van der Waals surface area contributed by atoms with Gasteiger partial charge in [-0.15, -0.1) is 0 Å². The monoisotopic (exact) mass is 328 g/mol. The Morgan fingerprint density at radius 1 is 1.13 bits per heavy atom. The van der Waals surface area contributed by atoms with Crippen LogP contribution in [0.25, 0.3) is 16.7 Å². The Hall–Kier alpha value is -1.98. The van der Waals surface area contributed by atoms with Gasteiger partial charge in [0.25, 0.3) is 0 Å². The number of nitrogens with zero attached hydrogens (tertiary/aromatic N) is 2. The van der Waals surface area contributed by atoms with Gasteiger partial charge in [0, 0.05) is 11.4 Å². The maximum Gasteiger partial charge on any atom is 0.173 e. The van der Waals surface area contributed by atoms with Crippen LogP contribution in [0.1, 0.15) is 13.8 Å². The summed E-state index contributed by atoms with van der Waals surface area (Å²) in [5.41, 5.74) is 2.28. The molecule has 0 spiro atoms. The van der Waals surface area contributed by atoms with Crippen LogP contribution in [0.5, 0.6) is 5.75 Å². The summed E-state index contributed by atoms with van der Waals surface area (Å²) in [6, 6.07) is 16.0. The highest BCUT2D eigenvalue weighted by Gasteiger charge is 2.18. The molecule has 0 unspecified atom stereocenters. The zero-order valence-corrected chi connectivity index (χ0v) is 14.3. The molecule has 23 heavy (non-hydrogen) atoms. The van der Waals surface area contributed by atoms with Crippen LogP contribution in [0.4, 0.5) is 0 Å². The van der Waals surface area contributed by atoms with E-state index in [4.69, 9.17) is 9.72 Å². The molecule has 120 valence electrons. The smallest absolute Gasteiger partial charge is 0.173 e. The molecule has 0 aliphatic carbocycles. The van der Waals surface area contributed by atoms with Crippen LogP contribution < -0.4 is 4.74 Å². The number of fused-ring (bicyclic) bond motifs is 1. The predicted octanol–water partition coefficient (Wildman–Crippen LogP) is 3.90. The number of ether oxygens (including phenoxy) is 1. The number of hydrogen-bond donors (Lipinski definition) is 1. The Kier molecular flexibility index (Phi) is 4.33. The topological polar surface area (TPSA) is 47.3 Å². The third kappa shape index (κ3) is 3.51. The molecule has 0 radical (unpaired) electrons. The number of aromatic nitrogens is 2. The molecule has 0 atom stereocenters. The molecule has 3 rings (SSSR count). The molecule has 0 aliphatic heterocycles. The minimum atomic E-state index is -0.743. The van der Waals surface area contributed by atoms with Crippen LogP contribution in [0.2, 0.25) is 0 Å². The Bertz CT molecular complexity index is 804. The molecule has 2 aromatic carbocycles. The van der Waals surface area contributed by atoms with Gasteiger partial charge in [-0.05, 0) is 50.2 Å². The Morgan fingerprint density at radius 3 is 2.48 bits per heavy atom. The van der Waals surface area contributed by atoms with E-state index in [0.717, 1.165) is 27.6 Å². The number of thioether (sulfide) groups is 1. The zero-order chi connectivity index (χ0) is 16.4. The van der Waals surface area contributed by atoms with Crippen molar-refractivity contribution in [2.24, 2.45) is 0 Å². The van der Waals surface area contributed by atoms with E-state index in [1.165, 1.54) is 0 Å². The summed E-state index contributed by atoms with van der Waals surface area (Å²) in [4.78, 5) is 4.72. The van der Waals surface area contributed by atoms with Crippen molar-refractivity contribution >= 4 is 22.8 Å². The lowest BCUT2D eigenvalue weighted by Gasteiger charge is -2.16. The quantitative estimate of drug-likeness (QED) is 0.722. The highest BCUT2D eigenvalue weighted by molar-refractivity contribution is 7.99. The van der Waals surface area contributed by atoms with Crippen molar-refractivity contribution in [2.45, 2.75) is 24.6 Å². The number of imidazole rings is 1. The second-order valence-corrected chi connectivity index (χ2v) is 6.96. The first-order valence-electron chi connectivity index (χ1n) is 7.45. The van der Waals surface area contributed by atoms with E-state index in [0.29, 0.717) is 5.75 Å². The van der Waals surface area contributed by atoms with E-state index in [1.54, 1.807) is 32.7 Å². The lowest BCUT2D eigenvalue weighted by Crippen LogP contribution is -2.22. The summed E-state index contributed by atoms with van der Waals surface area (Å²) in [7, 11) is 1.66. The summed E-state index contributed by atoms with van der Waals surface area (Å²) < 4.78 is 7.35. The maximum atomic E-state index is 10.0. The molecule has 1 heterocycles. The molecular weight excluding hydrogens is 308 g/mol. The van der Waals surface area contributed by atoms with Gasteiger partial charge >= 0.3 is 0 Å². The SMILES string of the molecule is COc1ccc(-n2c(SCC(C)(C)O)nc3ccccc32)cc1. The normalized spacial score (nSPS) is 11.8. The molecule has 1 aromatic heterocycles. The van der Waals surface area contributed by atoms with Gasteiger partial charge in [0.15, 0.2) is 5.16 Å². The molecule has 0 aliphatic rings. The Balaban J connectivity index is 2.08. The molecule has 0 saturated heterocycles. The molecule has 3 aromatic rings. The molecule has 1 N–H and O–H groups in total. The summed E-state index contributed by atoms with van der Waals surface area (Å²) in [6.45, 7) is 3.61. The van der Waals surface area contributed by atoms with Crippen molar-refractivity contribution in [3.8, 4) is 11.4 Å². The summed E-state index contributed by atoms with van der Waals surface area (Å²) in [5.74, 6) is 1.40. The van der Waals surface area contributed by atoms with Crippen LogP contribution in [0, 0.1) is 0 Å². The number of aliphatic hydroxyl groups is 1. The molecule has 0 amide bonds. The van der Waals surface area contributed by atoms with E-state index in [9.17, 15) is 5.11 Å². The Labute approximate surface area is 140 Å². The van der Waals surface area contributed by atoms with Crippen molar-refractivity contribution in [3.63, 3.8) is 0 Å². The molecule has 0 saturated carbocycles. The number of benzene rings is 2. The summed E-state index contributed by atoms with van der Waals surface area (Å²) in [5, 5.41) is 10.9. The molecule has 4 nitrogen and oxygen atoms in total. The van der Waals surface area contributed by atoms with E-state index >= 15 is 0 Å². The molecule has 0 bridgehead atoms. The zero-order valence-electron chi connectivity index (χ0n) is 13.5. The highest BCUT2D eigenvalue weighted by Crippen LogP contribution is 2.30. The minimum Gasteiger partial charge on any atom is -0.497 e. The van der Waals surface area contributed by atoms with Crippen molar-refractivity contribution in [1.82, 2.24) is 9.55 Å². The highest BCUT2D eigenvalue weighted by atomic mass is 32.2. The number of hydrogen-bond acceptors (Lipinski definition) is 4. The summed E-state index contributed by atoms with van der Waals surface area (Å²) >= 11 is 1.56. The number of rotatable bonds is 5. The first-order chi connectivity index (χ1) is 11.0. The van der Waals surface area contributed by atoms with Crippen molar-refractivity contribution in [2.75, 3.05) is 12.9 Å². The van der Waals surface area contributed by atoms with Gasteiger partial charge in [-0.25, -0.2) is 4.98 Å². The van der Waals surface area contributed by atoms with Gasteiger partial charge in [0.05, 0.1) is 23.7 Å². The second-order valence-electron chi connectivity index (χ2n) is 6.02. The van der Waals surface area contributed by atoms with Crippen molar-refractivity contribution in [3.05, 3.63) is 48.5 Å². The number of methoxy groups -OCH3 is 1. The minimum absolute atomic E-state index is 0.576. The lowest BCUT2D eigenvalue weighted by atomic mass is 10.2. The standard InChI is InChI=1S/C18H20N2O2S/c1-18(2,21)12-23-17-19-15-6-4-5-7-16(15)20(17)13-8-10-14(22-3)11-9-13/h4-11,21H,12H2,1-3H3. The van der Waals surface area contributed by atoms with E-state index in [-0.39, 0.29) is 0 Å². The van der Waals surface area contributed by atoms with Gasteiger partial charge in [0.1, 0.15) is 5.75 Å². The van der Waals surface area contributed by atoms with Gasteiger partial charge in [-0.2, -0.15) is 0 Å². The van der Waals surface area contributed by atoms with Gasteiger partial charge < -0.3 is 9.84 Å². The van der Waals surface area contributed by atoms with Gasteiger partial charge in [-0.3, -0.25) is 4.57 Å². The largest absolute Gasteiger partial charge is 0.497 e. The first-order valence-corrected chi connectivity index (χ1v) is 8.43. The molecule has 0 fully saturated rings. The van der Waals surface area contributed by atoms with Crippen LogP contribution in [0.3, 0.4) is 0 Å². The fourth-order valence-corrected chi connectivity index (χ4v) is 3.30. The average molecular weight is 328 g/mol. The predicted molar refractivity (Wildman–Crippen MR) is 94.6 cm³/mol. The molecular formula is C18H20N2O2S. The lowest BCUT2D eigenvalue weighted by molar-refractivity contribution is 0.107. The third-order valence-electron chi connectivity index (χ3n) is 3.42. The second kappa shape index (κ2) is 6.26. The van der Waals surface area contributed by atoms with Crippen molar-refractivity contribution < 1.29 is 9.84 Å². The van der Waals surface area contributed by atoms with Crippen molar-refractivity contribution in [1.29, 1.82) is 0 Å².